The smallest absolute Gasteiger partial charge is 0.326 e. The quantitative estimate of drug-likeness (QED) is 0.810. The minimum atomic E-state index is -0.922. The van der Waals surface area contributed by atoms with Crippen molar-refractivity contribution in [1.29, 1.82) is 0 Å². The average molecular weight is 243 g/mol. The molecule has 1 heterocycles. The Balaban J connectivity index is 2.56. The first kappa shape index (κ1) is 14.0. The maximum atomic E-state index is 11.9. The largest absolute Gasteiger partial charge is 0.480 e. The predicted molar refractivity (Wildman–Crippen MR) is 62.7 cm³/mol. The second kappa shape index (κ2) is 5.49. The van der Waals surface area contributed by atoms with Crippen molar-refractivity contribution in [2.45, 2.75) is 51.7 Å². The summed E-state index contributed by atoms with van der Waals surface area (Å²) in [6.07, 6.45) is 2.27. The van der Waals surface area contributed by atoms with Gasteiger partial charge in [-0.25, -0.2) is 4.79 Å². The van der Waals surface area contributed by atoms with Crippen LogP contribution in [0, 0.1) is 0 Å². The molecular formula is C12H21NO4. The van der Waals surface area contributed by atoms with Gasteiger partial charge in [-0.05, 0) is 40.0 Å². The monoisotopic (exact) mass is 243 g/mol. The molecule has 17 heavy (non-hydrogen) atoms. The number of nitrogens with zero attached hydrogens (tertiary/aromatic N) is 1. The van der Waals surface area contributed by atoms with E-state index in [4.69, 9.17) is 9.84 Å². The number of carbonyl (C=O) groups excluding carboxylic acids is 1. The SMILES string of the molecule is CC(C)(C)OCC(=O)N1CCCCC1C(=O)O. The van der Waals surface area contributed by atoms with Crippen LogP contribution in [-0.4, -0.2) is 46.7 Å². The van der Waals surface area contributed by atoms with Gasteiger partial charge < -0.3 is 14.7 Å². The van der Waals surface area contributed by atoms with Gasteiger partial charge in [-0.2, -0.15) is 0 Å². The van der Waals surface area contributed by atoms with Gasteiger partial charge in [0.2, 0.25) is 5.91 Å². The lowest BCUT2D eigenvalue weighted by atomic mass is 10.0. The number of rotatable bonds is 3. The Morgan fingerprint density at radius 1 is 1.35 bits per heavy atom. The Kier molecular flexibility index (Phi) is 4.51. The Bertz CT molecular complexity index is 295. The van der Waals surface area contributed by atoms with Crippen molar-refractivity contribution in [3.8, 4) is 0 Å². The lowest BCUT2D eigenvalue weighted by Crippen LogP contribution is -2.49. The molecule has 0 spiro atoms. The van der Waals surface area contributed by atoms with E-state index < -0.39 is 12.0 Å². The molecule has 0 bridgehead atoms. The van der Waals surface area contributed by atoms with Gasteiger partial charge in [0.25, 0.3) is 0 Å². The van der Waals surface area contributed by atoms with Gasteiger partial charge >= 0.3 is 5.97 Å². The fourth-order valence-corrected chi connectivity index (χ4v) is 1.85. The molecule has 98 valence electrons. The number of hydrogen-bond acceptors (Lipinski definition) is 3. The van der Waals surface area contributed by atoms with E-state index in [-0.39, 0.29) is 18.1 Å². The summed E-state index contributed by atoms with van der Waals surface area (Å²) < 4.78 is 5.39. The van der Waals surface area contributed by atoms with Crippen molar-refractivity contribution < 1.29 is 19.4 Å². The Morgan fingerprint density at radius 2 is 2.00 bits per heavy atom. The molecule has 0 aromatic rings. The number of likely N-dealkylation sites (tertiary alicyclic amines) is 1. The summed E-state index contributed by atoms with van der Waals surface area (Å²) in [5, 5.41) is 9.05. The Hall–Kier alpha value is -1.10. The minimum absolute atomic E-state index is 0.0483. The van der Waals surface area contributed by atoms with Crippen molar-refractivity contribution >= 4 is 11.9 Å². The van der Waals surface area contributed by atoms with Crippen molar-refractivity contribution in [1.82, 2.24) is 4.90 Å². The fraction of sp³-hybridized carbons (Fsp3) is 0.833. The zero-order valence-corrected chi connectivity index (χ0v) is 10.7. The van der Waals surface area contributed by atoms with Crippen molar-refractivity contribution in [3.63, 3.8) is 0 Å². The maximum absolute atomic E-state index is 11.9. The molecule has 0 aromatic heterocycles. The van der Waals surface area contributed by atoms with Crippen molar-refractivity contribution in [2.24, 2.45) is 0 Å². The first-order valence-corrected chi connectivity index (χ1v) is 5.97. The molecule has 5 nitrogen and oxygen atoms in total. The Labute approximate surface area is 102 Å². The molecule has 1 rings (SSSR count). The number of aliphatic carboxylic acids is 1. The normalized spacial score (nSPS) is 21.4. The molecule has 1 aliphatic rings. The lowest BCUT2D eigenvalue weighted by molar-refractivity contribution is -0.156. The lowest BCUT2D eigenvalue weighted by Gasteiger charge is -2.33. The molecule has 0 radical (unpaired) electrons. The van der Waals surface area contributed by atoms with Crippen LogP contribution in [0.2, 0.25) is 0 Å². The van der Waals surface area contributed by atoms with Crippen LogP contribution in [0.4, 0.5) is 0 Å². The highest BCUT2D eigenvalue weighted by molar-refractivity contribution is 5.84. The number of carboxylic acid groups (broad SMARTS) is 1. The van der Waals surface area contributed by atoms with Crippen LogP contribution in [-0.2, 0) is 14.3 Å². The minimum Gasteiger partial charge on any atom is -0.480 e. The standard InChI is InChI=1S/C12H21NO4/c1-12(2,3)17-8-10(14)13-7-5-4-6-9(13)11(15)16/h9H,4-8H2,1-3H3,(H,15,16). The molecule has 1 unspecified atom stereocenters. The highest BCUT2D eigenvalue weighted by Gasteiger charge is 2.32. The zero-order valence-electron chi connectivity index (χ0n) is 10.7. The summed E-state index contributed by atoms with van der Waals surface area (Å²) in [5.74, 6) is -1.15. The van der Waals surface area contributed by atoms with E-state index in [9.17, 15) is 9.59 Å². The van der Waals surface area contributed by atoms with Crippen LogP contribution < -0.4 is 0 Å². The summed E-state index contributed by atoms with van der Waals surface area (Å²) in [7, 11) is 0. The number of piperidine rings is 1. The second-order valence-electron chi connectivity index (χ2n) is 5.34. The van der Waals surface area contributed by atoms with E-state index >= 15 is 0 Å². The number of amides is 1. The van der Waals surface area contributed by atoms with Crippen LogP contribution >= 0.6 is 0 Å². The molecule has 1 N–H and O–H groups in total. The van der Waals surface area contributed by atoms with Crippen LogP contribution in [0.3, 0.4) is 0 Å². The molecule has 1 fully saturated rings. The fourth-order valence-electron chi connectivity index (χ4n) is 1.85. The summed E-state index contributed by atoms with van der Waals surface area (Å²) in [6, 6.07) is -0.681. The first-order valence-electron chi connectivity index (χ1n) is 5.97. The summed E-state index contributed by atoms with van der Waals surface area (Å²) in [6.45, 7) is 6.07. The molecule has 0 aromatic carbocycles. The molecule has 1 aliphatic heterocycles. The topological polar surface area (TPSA) is 66.8 Å². The van der Waals surface area contributed by atoms with E-state index in [1.165, 1.54) is 4.90 Å². The molecule has 1 amide bonds. The summed E-state index contributed by atoms with van der Waals surface area (Å²) in [4.78, 5) is 24.4. The van der Waals surface area contributed by atoms with E-state index in [0.29, 0.717) is 13.0 Å². The zero-order chi connectivity index (χ0) is 13.1. The molecular weight excluding hydrogens is 222 g/mol. The third-order valence-corrected chi connectivity index (χ3v) is 2.74. The summed E-state index contributed by atoms with van der Waals surface area (Å²) in [5.41, 5.74) is -0.385. The first-order chi connectivity index (χ1) is 7.81. The number of hydrogen-bond donors (Lipinski definition) is 1. The van der Waals surface area contributed by atoms with Crippen LogP contribution in [0.1, 0.15) is 40.0 Å². The second-order valence-corrected chi connectivity index (χ2v) is 5.34. The van der Waals surface area contributed by atoms with Gasteiger partial charge in [-0.1, -0.05) is 0 Å². The highest BCUT2D eigenvalue weighted by atomic mass is 16.5. The molecule has 0 saturated carbocycles. The van der Waals surface area contributed by atoms with E-state index in [2.05, 4.69) is 0 Å². The van der Waals surface area contributed by atoms with Crippen LogP contribution in [0.25, 0.3) is 0 Å². The number of carbonyl (C=O) groups is 2. The Morgan fingerprint density at radius 3 is 2.53 bits per heavy atom. The van der Waals surface area contributed by atoms with E-state index in [1.807, 2.05) is 20.8 Å². The molecule has 1 saturated heterocycles. The highest BCUT2D eigenvalue weighted by Crippen LogP contribution is 2.18. The molecule has 1 atom stereocenters. The van der Waals surface area contributed by atoms with Gasteiger partial charge in [0.1, 0.15) is 12.6 Å². The van der Waals surface area contributed by atoms with Crippen LogP contribution in [0.5, 0.6) is 0 Å². The summed E-state index contributed by atoms with van der Waals surface area (Å²) >= 11 is 0. The van der Waals surface area contributed by atoms with Gasteiger partial charge in [0, 0.05) is 6.54 Å². The van der Waals surface area contributed by atoms with E-state index in [0.717, 1.165) is 12.8 Å². The third-order valence-electron chi connectivity index (χ3n) is 2.74. The van der Waals surface area contributed by atoms with Crippen LogP contribution in [0.15, 0.2) is 0 Å². The predicted octanol–water partition coefficient (Wildman–Crippen LogP) is 1.27. The van der Waals surface area contributed by atoms with Gasteiger partial charge in [-0.15, -0.1) is 0 Å². The van der Waals surface area contributed by atoms with Crippen molar-refractivity contribution in [3.05, 3.63) is 0 Å². The average Bonchev–Trinajstić information content (AvgIpc) is 2.25. The number of carboxylic acids is 1. The van der Waals surface area contributed by atoms with Gasteiger partial charge in [-0.3, -0.25) is 4.79 Å². The number of ether oxygens (including phenoxy) is 1. The van der Waals surface area contributed by atoms with E-state index in [1.54, 1.807) is 0 Å². The van der Waals surface area contributed by atoms with Gasteiger partial charge in [0.05, 0.1) is 5.60 Å². The maximum Gasteiger partial charge on any atom is 0.326 e. The molecule has 0 aliphatic carbocycles. The van der Waals surface area contributed by atoms with Gasteiger partial charge in [0.15, 0.2) is 0 Å². The third kappa shape index (κ3) is 4.34. The van der Waals surface area contributed by atoms with Crippen molar-refractivity contribution in [2.75, 3.05) is 13.2 Å². The molecule has 5 heteroatoms.